The Morgan fingerprint density at radius 1 is 1.17 bits per heavy atom. The summed E-state index contributed by atoms with van der Waals surface area (Å²) in [5.41, 5.74) is 0.549. The van der Waals surface area contributed by atoms with Crippen LogP contribution in [0.25, 0.3) is 0 Å². The molecule has 2 amide bonds. The average Bonchev–Trinajstić information content (AvgIpc) is 3.56. The molecule has 3 aliphatic heterocycles. The second kappa shape index (κ2) is 13.5. The largest absolute Gasteiger partial charge is 0.465 e. The minimum Gasteiger partial charge on any atom is -0.465 e. The number of fused-ring (bicyclic) bond motifs is 1. The van der Waals surface area contributed by atoms with Crippen molar-refractivity contribution < 1.29 is 29.0 Å². The van der Waals surface area contributed by atoms with Crippen LogP contribution in [0.1, 0.15) is 39.5 Å². The van der Waals surface area contributed by atoms with Crippen molar-refractivity contribution in [2.24, 2.45) is 11.8 Å². The molecular formula is C31H42BrN3O6. The molecule has 9 nitrogen and oxygen atoms in total. The summed E-state index contributed by atoms with van der Waals surface area (Å²) in [4.78, 5) is 47.0. The van der Waals surface area contributed by atoms with Crippen LogP contribution in [0, 0.1) is 11.8 Å². The van der Waals surface area contributed by atoms with Crippen LogP contribution < -0.4 is 9.80 Å². The summed E-state index contributed by atoms with van der Waals surface area (Å²) >= 11 is 3.68. The maximum Gasteiger partial charge on any atom is 0.312 e. The fourth-order valence-electron chi connectivity index (χ4n) is 6.69. The quantitative estimate of drug-likeness (QED) is 0.136. The number of rotatable bonds is 15. The first-order valence-electron chi connectivity index (χ1n) is 14.6. The van der Waals surface area contributed by atoms with Crippen LogP contribution in [-0.2, 0) is 23.9 Å². The molecule has 1 aromatic rings. The van der Waals surface area contributed by atoms with Crippen molar-refractivity contribution in [3.8, 4) is 0 Å². The number of carbonyl (C=O) groups excluding carboxylic acids is 3. The highest BCUT2D eigenvalue weighted by molar-refractivity contribution is 9.09. The van der Waals surface area contributed by atoms with E-state index in [0.717, 1.165) is 18.8 Å². The lowest BCUT2D eigenvalue weighted by molar-refractivity contribution is -0.155. The van der Waals surface area contributed by atoms with Gasteiger partial charge in [-0.05, 0) is 63.8 Å². The van der Waals surface area contributed by atoms with Crippen molar-refractivity contribution in [3.63, 3.8) is 0 Å². The molecule has 3 fully saturated rings. The highest BCUT2D eigenvalue weighted by Crippen LogP contribution is 2.60. The predicted octanol–water partition coefficient (Wildman–Crippen LogP) is 3.69. The second-order valence-electron chi connectivity index (χ2n) is 10.8. The van der Waals surface area contributed by atoms with Gasteiger partial charge in [-0.15, -0.1) is 13.2 Å². The molecule has 0 radical (unpaired) electrons. The first kappa shape index (κ1) is 31.3. The number of anilines is 2. The third-order valence-corrected chi connectivity index (χ3v) is 9.36. The number of nitrogens with zero attached hydrogens (tertiary/aromatic N) is 3. The zero-order valence-electron chi connectivity index (χ0n) is 24.0. The Bertz CT molecular complexity index is 1130. The molecule has 0 saturated carbocycles. The van der Waals surface area contributed by atoms with E-state index in [4.69, 9.17) is 9.47 Å². The van der Waals surface area contributed by atoms with Gasteiger partial charge < -0.3 is 29.3 Å². The summed E-state index contributed by atoms with van der Waals surface area (Å²) in [5, 5.41) is 9.61. The van der Waals surface area contributed by atoms with Gasteiger partial charge in [-0.1, -0.05) is 28.1 Å². The molecule has 0 aromatic heterocycles. The molecule has 41 heavy (non-hydrogen) atoms. The van der Waals surface area contributed by atoms with E-state index in [2.05, 4.69) is 47.8 Å². The van der Waals surface area contributed by atoms with Gasteiger partial charge in [-0.25, -0.2) is 0 Å². The van der Waals surface area contributed by atoms with E-state index in [0.29, 0.717) is 31.4 Å². The van der Waals surface area contributed by atoms with Crippen LogP contribution in [0.4, 0.5) is 11.4 Å². The number of aliphatic hydroxyl groups is 1. The van der Waals surface area contributed by atoms with Crippen LogP contribution in [-0.4, -0.2) is 89.8 Å². The third kappa shape index (κ3) is 5.70. The second-order valence-corrected chi connectivity index (χ2v) is 12.0. The molecule has 3 heterocycles. The van der Waals surface area contributed by atoms with Crippen LogP contribution in [0.15, 0.2) is 49.6 Å². The molecule has 3 aliphatic rings. The van der Waals surface area contributed by atoms with Crippen molar-refractivity contribution >= 4 is 45.1 Å². The number of ether oxygens (including phenoxy) is 2. The van der Waals surface area contributed by atoms with E-state index in [1.165, 1.54) is 4.90 Å². The summed E-state index contributed by atoms with van der Waals surface area (Å²) in [6, 6.07) is 6.82. The topological polar surface area (TPSA) is 99.6 Å². The maximum absolute atomic E-state index is 14.5. The number of carbonyl (C=O) groups is 3. The lowest BCUT2D eigenvalue weighted by Crippen LogP contribution is -2.57. The molecule has 0 aliphatic carbocycles. The molecule has 6 atom stereocenters. The molecular weight excluding hydrogens is 590 g/mol. The van der Waals surface area contributed by atoms with Gasteiger partial charge in [0.05, 0.1) is 24.5 Å². The van der Waals surface area contributed by atoms with Gasteiger partial charge in [0.2, 0.25) is 5.91 Å². The van der Waals surface area contributed by atoms with E-state index < -0.39 is 35.6 Å². The van der Waals surface area contributed by atoms with Gasteiger partial charge in [-0.2, -0.15) is 0 Å². The number of esters is 1. The number of unbranched alkanes of at least 4 members (excludes halogenated alkanes) is 1. The number of likely N-dealkylation sites (tertiary alicyclic amines) is 1. The van der Waals surface area contributed by atoms with Crippen LogP contribution in [0.2, 0.25) is 0 Å². The van der Waals surface area contributed by atoms with Crippen LogP contribution in [0.5, 0.6) is 0 Å². The van der Waals surface area contributed by atoms with E-state index in [9.17, 15) is 19.5 Å². The van der Waals surface area contributed by atoms with Gasteiger partial charge in [-0.3, -0.25) is 14.4 Å². The van der Waals surface area contributed by atoms with E-state index in [1.54, 1.807) is 17.1 Å². The van der Waals surface area contributed by atoms with Gasteiger partial charge in [0.1, 0.15) is 11.6 Å². The summed E-state index contributed by atoms with van der Waals surface area (Å²) in [6.45, 7) is 14.0. The number of halogens is 1. The Labute approximate surface area is 251 Å². The molecule has 1 spiro atoms. The number of benzene rings is 1. The molecule has 2 bridgehead atoms. The van der Waals surface area contributed by atoms with Crippen molar-refractivity contribution in [1.29, 1.82) is 0 Å². The smallest absolute Gasteiger partial charge is 0.312 e. The Hall–Kier alpha value is -2.69. The first-order chi connectivity index (χ1) is 19.8. The molecule has 3 saturated heterocycles. The molecule has 3 unspecified atom stereocenters. The monoisotopic (exact) mass is 631 g/mol. The third-order valence-electron chi connectivity index (χ3n) is 8.52. The van der Waals surface area contributed by atoms with Crippen LogP contribution >= 0.6 is 15.9 Å². The number of alkyl halides is 1. The molecule has 10 heteroatoms. The minimum atomic E-state index is -1.19. The fourth-order valence-corrected chi connectivity index (χ4v) is 7.63. The van der Waals surface area contributed by atoms with Crippen molar-refractivity contribution in [3.05, 3.63) is 49.6 Å². The fraction of sp³-hybridized carbons (Fsp3) is 0.581. The SMILES string of the molecule is C=CCCCOC(=O)[C@H]1[C@@H]2OC3(CC2Br)C(C(=O)N(CC=C)c2ccc(N(CC)CC)cc2)N(CCCO)C(=O)[C@H]13. The Morgan fingerprint density at radius 2 is 1.85 bits per heavy atom. The van der Waals surface area contributed by atoms with E-state index in [1.807, 2.05) is 24.3 Å². The number of amides is 2. The van der Waals surface area contributed by atoms with E-state index in [-0.39, 0.29) is 42.9 Å². The predicted molar refractivity (Wildman–Crippen MR) is 162 cm³/mol. The summed E-state index contributed by atoms with van der Waals surface area (Å²) in [7, 11) is 0. The average molecular weight is 633 g/mol. The number of allylic oxidation sites excluding steroid dienone is 1. The number of aliphatic hydroxyl groups excluding tert-OH is 1. The zero-order chi connectivity index (χ0) is 29.7. The lowest BCUT2D eigenvalue weighted by Gasteiger charge is -2.37. The van der Waals surface area contributed by atoms with Gasteiger partial charge in [0.15, 0.2) is 0 Å². The zero-order valence-corrected chi connectivity index (χ0v) is 25.6. The minimum absolute atomic E-state index is 0.134. The van der Waals surface area contributed by atoms with Gasteiger partial charge in [0, 0.05) is 49.0 Å². The molecule has 4 rings (SSSR count). The molecule has 224 valence electrons. The highest BCUT2D eigenvalue weighted by Gasteiger charge is 2.77. The Kier molecular flexibility index (Phi) is 10.3. The number of hydrogen-bond acceptors (Lipinski definition) is 7. The van der Waals surface area contributed by atoms with Crippen LogP contribution in [0.3, 0.4) is 0 Å². The summed E-state index contributed by atoms with van der Waals surface area (Å²) in [6.07, 6.45) is 4.91. The molecule has 1 N–H and O–H groups in total. The Morgan fingerprint density at radius 3 is 2.46 bits per heavy atom. The van der Waals surface area contributed by atoms with Crippen molar-refractivity contribution in [1.82, 2.24) is 4.90 Å². The highest BCUT2D eigenvalue weighted by atomic mass is 79.9. The standard InChI is InChI=1S/C31H42BrN3O6/c1-5-9-10-19-40-30(39)24-25-28(37)35(17-11-18-36)27(31(25)20-23(32)26(24)41-31)29(38)34(16-6-2)22-14-12-21(13-15-22)33(7-3)8-4/h5-6,12-15,23-27,36H,1-2,7-11,16-20H2,3-4H3/t23?,24-,25+,26-,27?,31?/m1/s1. The van der Waals surface area contributed by atoms with Crippen molar-refractivity contribution in [2.45, 2.75) is 62.1 Å². The van der Waals surface area contributed by atoms with Gasteiger partial charge >= 0.3 is 5.97 Å². The number of hydrogen-bond donors (Lipinski definition) is 1. The lowest BCUT2D eigenvalue weighted by atomic mass is 9.70. The van der Waals surface area contributed by atoms with Crippen molar-refractivity contribution in [2.75, 3.05) is 49.2 Å². The normalized spacial score (nSPS) is 28.0. The summed E-state index contributed by atoms with van der Waals surface area (Å²) < 4.78 is 12.1. The summed E-state index contributed by atoms with van der Waals surface area (Å²) in [5.74, 6) is -2.73. The first-order valence-corrected chi connectivity index (χ1v) is 15.5. The van der Waals surface area contributed by atoms with E-state index >= 15 is 0 Å². The molecule has 1 aromatic carbocycles. The Balaban J connectivity index is 1.69. The van der Waals surface area contributed by atoms with Gasteiger partial charge in [0.25, 0.3) is 5.91 Å². The maximum atomic E-state index is 14.5.